The summed E-state index contributed by atoms with van der Waals surface area (Å²) in [5, 5.41) is 0. The molecule has 0 fully saturated rings. The van der Waals surface area contributed by atoms with Crippen LogP contribution in [0.15, 0.2) is 0 Å². The molecule has 50 heavy (non-hydrogen) atoms. The maximum Gasteiger partial charge on any atom is 0.306 e. The van der Waals surface area contributed by atoms with Crippen molar-refractivity contribution < 1.29 is 28.6 Å². The monoisotopic (exact) mass is 709 g/mol. The highest BCUT2D eigenvalue weighted by Gasteiger charge is 2.19. The van der Waals surface area contributed by atoms with E-state index >= 15 is 0 Å². The largest absolute Gasteiger partial charge is 0.462 e. The fraction of sp³-hybridized carbons (Fsp3) is 0.932. The maximum absolute atomic E-state index is 12.6. The lowest BCUT2D eigenvalue weighted by Crippen LogP contribution is -2.30. The summed E-state index contributed by atoms with van der Waals surface area (Å²) in [6, 6.07) is 0. The summed E-state index contributed by atoms with van der Waals surface area (Å²) in [5.41, 5.74) is 0. The van der Waals surface area contributed by atoms with E-state index in [0.717, 1.165) is 64.2 Å². The van der Waals surface area contributed by atoms with E-state index in [1.165, 1.54) is 141 Å². The average Bonchev–Trinajstić information content (AvgIpc) is 3.11. The predicted octanol–water partition coefficient (Wildman–Crippen LogP) is 13.7. The zero-order valence-electron chi connectivity index (χ0n) is 33.7. The topological polar surface area (TPSA) is 78.9 Å². The fourth-order valence-electron chi connectivity index (χ4n) is 6.50. The highest BCUT2D eigenvalue weighted by Crippen LogP contribution is 2.15. The molecule has 0 aromatic heterocycles. The number of hydrogen-bond donors (Lipinski definition) is 0. The Hall–Kier alpha value is -1.59. The van der Waals surface area contributed by atoms with E-state index in [0.29, 0.717) is 19.3 Å². The lowest BCUT2D eigenvalue weighted by Gasteiger charge is -2.18. The summed E-state index contributed by atoms with van der Waals surface area (Å²) in [4.78, 5) is 37.4. The Morgan fingerprint density at radius 1 is 0.320 bits per heavy atom. The zero-order valence-corrected chi connectivity index (χ0v) is 33.7. The number of esters is 3. The molecule has 0 spiro atoms. The minimum atomic E-state index is -0.756. The number of unbranched alkanes of at least 4 members (excludes halogenated alkanes) is 29. The standard InChI is InChI=1S/C44H84O6/c1-4-7-10-13-15-17-19-21-23-24-26-28-31-34-37-43(46)49-40-41(39-48-42(45)36-33-30-12-9-6-3)50-44(47)38-35-32-29-27-25-22-20-18-16-14-11-8-5-2/h41H,4-40H2,1-3H3. The van der Waals surface area contributed by atoms with Crippen molar-refractivity contribution in [2.24, 2.45) is 0 Å². The highest BCUT2D eigenvalue weighted by atomic mass is 16.6. The minimum absolute atomic E-state index is 0.0639. The lowest BCUT2D eigenvalue weighted by molar-refractivity contribution is -0.167. The Morgan fingerprint density at radius 2 is 0.540 bits per heavy atom. The van der Waals surface area contributed by atoms with Gasteiger partial charge in [0.05, 0.1) is 0 Å². The van der Waals surface area contributed by atoms with Crippen molar-refractivity contribution in [3.05, 3.63) is 0 Å². The third-order valence-electron chi connectivity index (χ3n) is 9.86. The number of carbonyl (C=O) groups excluding carboxylic acids is 3. The molecule has 0 aliphatic carbocycles. The quantitative estimate of drug-likeness (QED) is 0.0358. The molecular formula is C44H84O6. The van der Waals surface area contributed by atoms with Crippen LogP contribution in [-0.2, 0) is 28.6 Å². The molecule has 296 valence electrons. The van der Waals surface area contributed by atoms with E-state index in [-0.39, 0.29) is 31.1 Å². The first-order valence-corrected chi connectivity index (χ1v) is 22.0. The van der Waals surface area contributed by atoms with Crippen LogP contribution >= 0.6 is 0 Å². The van der Waals surface area contributed by atoms with Gasteiger partial charge in [0.2, 0.25) is 0 Å². The molecule has 0 N–H and O–H groups in total. The first kappa shape index (κ1) is 48.4. The van der Waals surface area contributed by atoms with Gasteiger partial charge in [0.15, 0.2) is 6.10 Å². The maximum atomic E-state index is 12.6. The third kappa shape index (κ3) is 37.7. The van der Waals surface area contributed by atoms with E-state index in [9.17, 15) is 14.4 Å². The Labute approximate surface area is 310 Å². The van der Waals surface area contributed by atoms with Gasteiger partial charge in [-0.1, -0.05) is 207 Å². The van der Waals surface area contributed by atoms with Gasteiger partial charge in [-0.05, 0) is 19.3 Å². The number of hydrogen-bond acceptors (Lipinski definition) is 6. The van der Waals surface area contributed by atoms with Crippen LogP contribution in [0.1, 0.15) is 245 Å². The molecule has 0 heterocycles. The van der Waals surface area contributed by atoms with Crippen LogP contribution in [-0.4, -0.2) is 37.2 Å². The van der Waals surface area contributed by atoms with Crippen LogP contribution < -0.4 is 0 Å². The molecule has 0 aliphatic heterocycles. The molecule has 0 aromatic carbocycles. The molecule has 0 aliphatic rings. The van der Waals surface area contributed by atoms with Crippen molar-refractivity contribution in [2.75, 3.05) is 13.2 Å². The molecule has 0 bridgehead atoms. The normalized spacial score (nSPS) is 11.8. The zero-order chi connectivity index (χ0) is 36.6. The number of rotatable bonds is 40. The lowest BCUT2D eigenvalue weighted by atomic mass is 10.0. The second kappa shape index (κ2) is 40.2. The van der Waals surface area contributed by atoms with Gasteiger partial charge >= 0.3 is 17.9 Å². The van der Waals surface area contributed by atoms with Crippen molar-refractivity contribution >= 4 is 17.9 Å². The van der Waals surface area contributed by atoms with Crippen molar-refractivity contribution in [2.45, 2.75) is 252 Å². The summed E-state index contributed by atoms with van der Waals surface area (Å²) < 4.78 is 16.6. The molecule has 1 atom stereocenters. The van der Waals surface area contributed by atoms with Gasteiger partial charge in [-0.3, -0.25) is 14.4 Å². The number of carbonyl (C=O) groups is 3. The SMILES string of the molecule is CCCCCCCCCCCCCCCCC(=O)OCC(COC(=O)CCCCCCC)OC(=O)CCCCCCCCCCCCCCC. The van der Waals surface area contributed by atoms with Crippen LogP contribution in [0.3, 0.4) is 0 Å². The third-order valence-corrected chi connectivity index (χ3v) is 9.86. The van der Waals surface area contributed by atoms with Gasteiger partial charge < -0.3 is 14.2 Å². The Kier molecular flexibility index (Phi) is 38.9. The predicted molar refractivity (Wildman–Crippen MR) is 210 cm³/mol. The molecular weight excluding hydrogens is 624 g/mol. The van der Waals surface area contributed by atoms with Crippen LogP contribution in [0.25, 0.3) is 0 Å². The second-order valence-corrected chi connectivity index (χ2v) is 15.0. The van der Waals surface area contributed by atoms with Gasteiger partial charge in [0.25, 0.3) is 0 Å². The minimum Gasteiger partial charge on any atom is -0.462 e. The van der Waals surface area contributed by atoms with E-state index < -0.39 is 6.10 Å². The van der Waals surface area contributed by atoms with Gasteiger partial charge in [0, 0.05) is 19.3 Å². The Balaban J connectivity index is 4.19. The van der Waals surface area contributed by atoms with Gasteiger partial charge in [-0.2, -0.15) is 0 Å². The summed E-state index contributed by atoms with van der Waals surface area (Å²) in [5.74, 6) is -0.867. The first-order valence-electron chi connectivity index (χ1n) is 22.0. The Bertz CT molecular complexity index is 738. The van der Waals surface area contributed by atoms with Crippen molar-refractivity contribution in [1.29, 1.82) is 0 Å². The molecule has 6 heteroatoms. The average molecular weight is 709 g/mol. The van der Waals surface area contributed by atoms with E-state index in [1.807, 2.05) is 0 Å². The summed E-state index contributed by atoms with van der Waals surface area (Å²) in [7, 11) is 0. The molecule has 0 rings (SSSR count). The van der Waals surface area contributed by atoms with Crippen molar-refractivity contribution in [3.8, 4) is 0 Å². The second-order valence-electron chi connectivity index (χ2n) is 15.0. The summed E-state index contributed by atoms with van der Waals surface area (Å²) in [6.45, 7) is 6.57. The van der Waals surface area contributed by atoms with Crippen molar-refractivity contribution in [3.63, 3.8) is 0 Å². The molecule has 6 nitrogen and oxygen atoms in total. The molecule has 0 saturated carbocycles. The van der Waals surface area contributed by atoms with Crippen LogP contribution in [0.5, 0.6) is 0 Å². The molecule has 0 saturated heterocycles. The van der Waals surface area contributed by atoms with E-state index in [4.69, 9.17) is 14.2 Å². The summed E-state index contributed by atoms with van der Waals surface area (Å²) in [6.07, 6.45) is 39.7. The van der Waals surface area contributed by atoms with Crippen molar-refractivity contribution in [1.82, 2.24) is 0 Å². The van der Waals surface area contributed by atoms with Gasteiger partial charge in [-0.25, -0.2) is 0 Å². The smallest absolute Gasteiger partial charge is 0.306 e. The molecule has 0 amide bonds. The van der Waals surface area contributed by atoms with Gasteiger partial charge in [-0.15, -0.1) is 0 Å². The van der Waals surface area contributed by atoms with Crippen LogP contribution in [0.4, 0.5) is 0 Å². The highest BCUT2D eigenvalue weighted by molar-refractivity contribution is 5.71. The first-order chi connectivity index (χ1) is 24.5. The fourth-order valence-corrected chi connectivity index (χ4v) is 6.50. The van der Waals surface area contributed by atoms with E-state index in [2.05, 4.69) is 20.8 Å². The Morgan fingerprint density at radius 3 is 0.800 bits per heavy atom. The van der Waals surface area contributed by atoms with Crippen LogP contribution in [0, 0.1) is 0 Å². The molecule has 0 radical (unpaired) electrons. The van der Waals surface area contributed by atoms with E-state index in [1.54, 1.807) is 0 Å². The number of ether oxygens (including phenoxy) is 3. The van der Waals surface area contributed by atoms with Gasteiger partial charge in [0.1, 0.15) is 13.2 Å². The molecule has 1 unspecified atom stereocenters. The van der Waals surface area contributed by atoms with Crippen LogP contribution in [0.2, 0.25) is 0 Å². The summed E-state index contributed by atoms with van der Waals surface area (Å²) >= 11 is 0. The molecule has 0 aromatic rings.